The Balaban J connectivity index is 2.00. The zero-order valence-electron chi connectivity index (χ0n) is 10.8. The summed E-state index contributed by atoms with van der Waals surface area (Å²) in [7, 11) is 0.0300. The first-order valence-electron chi connectivity index (χ1n) is 6.10. The van der Waals surface area contributed by atoms with E-state index in [9.17, 15) is 0 Å². The van der Waals surface area contributed by atoms with E-state index in [-0.39, 0.29) is 18.3 Å². The highest BCUT2D eigenvalue weighted by molar-refractivity contribution is 6.48. The van der Waals surface area contributed by atoms with Crippen LogP contribution >= 0.6 is 0 Å². The van der Waals surface area contributed by atoms with E-state index in [0.717, 1.165) is 11.8 Å². The molecule has 2 rings (SSSR count). The summed E-state index contributed by atoms with van der Waals surface area (Å²) >= 11 is 0. The van der Waals surface area contributed by atoms with E-state index in [1.54, 1.807) is 0 Å². The third-order valence-corrected chi connectivity index (χ3v) is 4.37. The van der Waals surface area contributed by atoms with E-state index in [4.69, 9.17) is 9.31 Å². The SMILES string of the molecule is CC(C)[C@@H]1C[C@H]1B1OC(C)(C)C(C)(C)O1. The van der Waals surface area contributed by atoms with E-state index in [2.05, 4.69) is 41.5 Å². The molecule has 1 saturated carbocycles. The van der Waals surface area contributed by atoms with Gasteiger partial charge >= 0.3 is 7.12 Å². The first kappa shape index (κ1) is 11.5. The monoisotopic (exact) mass is 210 g/mol. The summed E-state index contributed by atoms with van der Waals surface area (Å²) in [5.41, 5.74) is -0.330. The smallest absolute Gasteiger partial charge is 0.403 e. The zero-order valence-corrected chi connectivity index (χ0v) is 10.8. The highest BCUT2D eigenvalue weighted by Gasteiger charge is 2.59. The van der Waals surface area contributed by atoms with Crippen LogP contribution in [0.2, 0.25) is 5.82 Å². The van der Waals surface area contributed by atoms with Crippen LogP contribution in [0.1, 0.15) is 48.0 Å². The van der Waals surface area contributed by atoms with Gasteiger partial charge in [-0.1, -0.05) is 13.8 Å². The van der Waals surface area contributed by atoms with Gasteiger partial charge in [0.2, 0.25) is 0 Å². The van der Waals surface area contributed by atoms with Gasteiger partial charge in [-0.2, -0.15) is 0 Å². The molecule has 0 aromatic carbocycles. The Labute approximate surface area is 93.9 Å². The average molecular weight is 210 g/mol. The van der Waals surface area contributed by atoms with Crippen LogP contribution in [0.15, 0.2) is 0 Å². The predicted molar refractivity (Wildman–Crippen MR) is 62.8 cm³/mol. The van der Waals surface area contributed by atoms with Gasteiger partial charge in [-0.3, -0.25) is 0 Å². The molecule has 1 heterocycles. The molecule has 0 amide bonds. The van der Waals surface area contributed by atoms with Gasteiger partial charge in [0.1, 0.15) is 0 Å². The summed E-state index contributed by atoms with van der Waals surface area (Å²) in [5, 5.41) is 0. The van der Waals surface area contributed by atoms with Gasteiger partial charge in [0, 0.05) is 0 Å². The molecule has 2 fully saturated rings. The van der Waals surface area contributed by atoms with Crippen LogP contribution in [-0.4, -0.2) is 18.3 Å². The van der Waals surface area contributed by atoms with Crippen LogP contribution in [-0.2, 0) is 9.31 Å². The topological polar surface area (TPSA) is 18.5 Å². The van der Waals surface area contributed by atoms with Gasteiger partial charge < -0.3 is 9.31 Å². The highest BCUT2D eigenvalue weighted by Crippen LogP contribution is 2.55. The molecule has 0 bridgehead atoms. The molecule has 2 aliphatic rings. The predicted octanol–water partition coefficient (Wildman–Crippen LogP) is 3.12. The van der Waals surface area contributed by atoms with Crippen LogP contribution < -0.4 is 0 Å². The maximum Gasteiger partial charge on any atom is 0.461 e. The first-order chi connectivity index (χ1) is 6.74. The maximum atomic E-state index is 6.05. The highest BCUT2D eigenvalue weighted by atomic mass is 16.7. The van der Waals surface area contributed by atoms with E-state index in [1.807, 2.05) is 0 Å². The Kier molecular flexibility index (Phi) is 2.48. The lowest BCUT2D eigenvalue weighted by molar-refractivity contribution is 0.00578. The van der Waals surface area contributed by atoms with Gasteiger partial charge in [0.05, 0.1) is 11.2 Å². The summed E-state index contributed by atoms with van der Waals surface area (Å²) in [4.78, 5) is 0. The molecule has 1 saturated heterocycles. The van der Waals surface area contributed by atoms with Gasteiger partial charge in [-0.25, -0.2) is 0 Å². The molecule has 0 unspecified atom stereocenters. The Morgan fingerprint density at radius 3 is 1.87 bits per heavy atom. The quantitative estimate of drug-likeness (QED) is 0.652. The Bertz CT molecular complexity index is 244. The fourth-order valence-electron chi connectivity index (χ4n) is 2.38. The van der Waals surface area contributed by atoms with Crippen molar-refractivity contribution in [3.8, 4) is 0 Å². The average Bonchev–Trinajstić information content (AvgIpc) is 2.75. The zero-order chi connectivity index (χ0) is 11.4. The van der Waals surface area contributed by atoms with E-state index >= 15 is 0 Å². The van der Waals surface area contributed by atoms with Gasteiger partial charge in [-0.05, 0) is 51.8 Å². The lowest BCUT2D eigenvalue weighted by atomic mass is 9.79. The number of rotatable bonds is 2. The van der Waals surface area contributed by atoms with Crippen molar-refractivity contribution in [1.29, 1.82) is 0 Å². The van der Waals surface area contributed by atoms with Crippen molar-refractivity contribution < 1.29 is 9.31 Å². The van der Waals surface area contributed by atoms with E-state index in [0.29, 0.717) is 5.82 Å². The third kappa shape index (κ3) is 1.85. The molecule has 1 aliphatic carbocycles. The molecule has 2 atom stereocenters. The Morgan fingerprint density at radius 2 is 1.53 bits per heavy atom. The summed E-state index contributed by atoms with van der Waals surface area (Å²) in [6, 6.07) is 0. The van der Waals surface area contributed by atoms with Crippen molar-refractivity contribution in [2.45, 2.75) is 65.0 Å². The molecular weight excluding hydrogens is 187 g/mol. The molecule has 1 aliphatic heterocycles. The summed E-state index contributed by atoms with van der Waals surface area (Å²) in [5.74, 6) is 2.19. The Hall–Kier alpha value is -0.0151. The molecule has 0 radical (unpaired) electrons. The van der Waals surface area contributed by atoms with Crippen molar-refractivity contribution in [3.63, 3.8) is 0 Å². The number of hydrogen-bond acceptors (Lipinski definition) is 2. The molecule has 2 nitrogen and oxygen atoms in total. The minimum atomic E-state index is -0.165. The standard InChI is InChI=1S/C12H23BO2/c1-8(2)9-7-10(9)13-14-11(3,4)12(5,6)15-13/h8-10H,7H2,1-6H3/t9-,10+/m0/s1. The molecular formula is C12H23BO2. The molecule has 0 spiro atoms. The minimum absolute atomic E-state index is 0.0300. The van der Waals surface area contributed by atoms with Crippen molar-refractivity contribution in [2.24, 2.45) is 11.8 Å². The summed E-state index contributed by atoms with van der Waals surface area (Å²) in [6.07, 6.45) is 1.27. The van der Waals surface area contributed by atoms with Crippen LogP contribution in [0.5, 0.6) is 0 Å². The van der Waals surface area contributed by atoms with Crippen LogP contribution in [0.25, 0.3) is 0 Å². The first-order valence-corrected chi connectivity index (χ1v) is 6.10. The maximum absolute atomic E-state index is 6.05. The molecule has 0 N–H and O–H groups in total. The lowest BCUT2D eigenvalue weighted by Crippen LogP contribution is -2.41. The molecule has 3 heteroatoms. The minimum Gasteiger partial charge on any atom is -0.403 e. The summed E-state index contributed by atoms with van der Waals surface area (Å²) in [6.45, 7) is 13.1. The second kappa shape index (κ2) is 3.24. The molecule has 0 aromatic heterocycles. The molecule has 0 aromatic rings. The fraction of sp³-hybridized carbons (Fsp3) is 1.00. The fourth-order valence-corrected chi connectivity index (χ4v) is 2.38. The Morgan fingerprint density at radius 1 is 1.07 bits per heavy atom. The van der Waals surface area contributed by atoms with Gasteiger partial charge in [0.25, 0.3) is 0 Å². The van der Waals surface area contributed by atoms with Crippen molar-refractivity contribution in [3.05, 3.63) is 0 Å². The van der Waals surface area contributed by atoms with Crippen molar-refractivity contribution in [1.82, 2.24) is 0 Å². The van der Waals surface area contributed by atoms with E-state index < -0.39 is 0 Å². The van der Waals surface area contributed by atoms with Gasteiger partial charge in [-0.15, -0.1) is 0 Å². The lowest BCUT2D eigenvalue weighted by Gasteiger charge is -2.32. The number of hydrogen-bond donors (Lipinski definition) is 0. The van der Waals surface area contributed by atoms with Crippen molar-refractivity contribution >= 4 is 7.12 Å². The molecule has 86 valence electrons. The second-order valence-corrected chi connectivity index (χ2v) is 6.43. The third-order valence-electron chi connectivity index (χ3n) is 4.37. The summed E-state index contributed by atoms with van der Waals surface area (Å²) < 4.78 is 12.1. The van der Waals surface area contributed by atoms with Gasteiger partial charge in [0.15, 0.2) is 0 Å². The normalized spacial score (nSPS) is 37.4. The second-order valence-electron chi connectivity index (χ2n) is 6.43. The van der Waals surface area contributed by atoms with Crippen LogP contribution in [0.3, 0.4) is 0 Å². The molecule has 15 heavy (non-hydrogen) atoms. The van der Waals surface area contributed by atoms with E-state index in [1.165, 1.54) is 6.42 Å². The van der Waals surface area contributed by atoms with Crippen LogP contribution in [0, 0.1) is 11.8 Å². The van der Waals surface area contributed by atoms with Crippen LogP contribution in [0.4, 0.5) is 0 Å². The van der Waals surface area contributed by atoms with Crippen molar-refractivity contribution in [2.75, 3.05) is 0 Å². The largest absolute Gasteiger partial charge is 0.461 e.